The van der Waals surface area contributed by atoms with Crippen molar-refractivity contribution in [1.29, 1.82) is 0 Å². The monoisotopic (exact) mass is 400 g/mol. The van der Waals surface area contributed by atoms with Gasteiger partial charge in [-0.25, -0.2) is 5.10 Å². The molecule has 1 aromatic heterocycles. The molecule has 2 heterocycles. The number of carbonyl (C=O) groups is 1. The van der Waals surface area contributed by atoms with Gasteiger partial charge < -0.3 is 5.32 Å². The summed E-state index contributed by atoms with van der Waals surface area (Å²) in [5.74, 6) is 1.77. The van der Waals surface area contributed by atoms with Crippen molar-refractivity contribution in [2.45, 2.75) is 39.3 Å². The lowest BCUT2D eigenvalue weighted by atomic mass is 10.0. The normalized spacial score (nSPS) is 17.4. The Balaban J connectivity index is 1.70. The van der Waals surface area contributed by atoms with Crippen molar-refractivity contribution in [3.05, 3.63) is 63.1 Å². The number of hydrogen-bond donors (Lipinski definition) is 2. The predicted molar refractivity (Wildman–Crippen MR) is 114 cm³/mol. The quantitative estimate of drug-likeness (QED) is 0.745. The van der Waals surface area contributed by atoms with E-state index in [2.05, 4.69) is 44.7 Å². The number of nitrogens with one attached hydrogen (secondary N) is 2. The molecule has 0 spiro atoms. The van der Waals surface area contributed by atoms with Gasteiger partial charge in [0.25, 0.3) is 11.5 Å². The lowest BCUT2D eigenvalue weighted by Crippen LogP contribution is -2.49. The third-order valence-electron chi connectivity index (χ3n) is 5.16. The Hall–Kier alpha value is -2.12. The van der Waals surface area contributed by atoms with E-state index < -0.39 is 5.56 Å². The van der Waals surface area contributed by atoms with Gasteiger partial charge in [-0.05, 0) is 24.0 Å². The summed E-state index contributed by atoms with van der Waals surface area (Å²) in [6.07, 6.45) is 1.30. The largest absolute Gasteiger partial charge is 0.350 e. The molecule has 0 bridgehead atoms. The molecule has 1 amide bonds. The molecule has 28 heavy (non-hydrogen) atoms. The molecule has 2 N–H and O–H groups in total. The van der Waals surface area contributed by atoms with Gasteiger partial charge in [-0.3, -0.25) is 14.5 Å². The van der Waals surface area contributed by atoms with Crippen LogP contribution in [-0.4, -0.2) is 51.6 Å². The Kier molecular flexibility index (Phi) is 7.28. The first-order valence-corrected chi connectivity index (χ1v) is 11.0. The van der Waals surface area contributed by atoms with Crippen LogP contribution in [0, 0.1) is 0 Å². The van der Waals surface area contributed by atoms with Gasteiger partial charge in [0.15, 0.2) is 0 Å². The SMILES string of the molecule is CCc1n[nH]c(=O)c(C(=O)NC[C@@H]2CSCCN2Cc2ccccc2)c1CC. The highest BCUT2D eigenvalue weighted by atomic mass is 32.2. The van der Waals surface area contributed by atoms with Crippen molar-refractivity contribution in [2.75, 3.05) is 24.6 Å². The van der Waals surface area contributed by atoms with Crippen LogP contribution in [0.4, 0.5) is 0 Å². The molecule has 1 atom stereocenters. The lowest BCUT2D eigenvalue weighted by molar-refractivity contribution is 0.0932. The zero-order valence-electron chi connectivity index (χ0n) is 16.5. The number of thioether (sulfide) groups is 1. The molecule has 0 unspecified atom stereocenters. The fraction of sp³-hybridized carbons (Fsp3) is 0.476. The van der Waals surface area contributed by atoms with Gasteiger partial charge in [0.05, 0.1) is 5.69 Å². The molecule has 0 saturated carbocycles. The number of rotatable bonds is 7. The number of nitrogens with zero attached hydrogens (tertiary/aromatic N) is 2. The lowest BCUT2D eigenvalue weighted by Gasteiger charge is -2.35. The van der Waals surface area contributed by atoms with Crippen molar-refractivity contribution in [2.24, 2.45) is 0 Å². The molecule has 1 aliphatic rings. The van der Waals surface area contributed by atoms with Crippen LogP contribution in [0.1, 0.15) is 41.0 Å². The Labute approximate surface area is 170 Å². The summed E-state index contributed by atoms with van der Waals surface area (Å²) in [6.45, 7) is 6.33. The summed E-state index contributed by atoms with van der Waals surface area (Å²) >= 11 is 1.91. The molecular formula is C21H28N4O2S. The summed E-state index contributed by atoms with van der Waals surface area (Å²) in [5.41, 5.74) is 2.62. The van der Waals surface area contributed by atoms with Crippen LogP contribution in [0.2, 0.25) is 0 Å². The minimum Gasteiger partial charge on any atom is -0.350 e. The minimum absolute atomic E-state index is 0.215. The van der Waals surface area contributed by atoms with Crippen molar-refractivity contribution in [3.8, 4) is 0 Å². The van der Waals surface area contributed by atoms with E-state index in [1.54, 1.807) is 0 Å². The second-order valence-electron chi connectivity index (χ2n) is 6.95. The Morgan fingerprint density at radius 1 is 1.29 bits per heavy atom. The van der Waals surface area contributed by atoms with E-state index in [0.717, 1.165) is 35.9 Å². The van der Waals surface area contributed by atoms with Crippen LogP contribution in [0.25, 0.3) is 0 Å². The number of amides is 1. The number of benzene rings is 1. The second-order valence-corrected chi connectivity index (χ2v) is 8.10. The molecule has 1 fully saturated rings. The first kappa shape index (κ1) is 20.6. The summed E-state index contributed by atoms with van der Waals surface area (Å²) in [4.78, 5) is 27.5. The standard InChI is InChI=1S/C21H28N4O2S/c1-3-17-18(4-2)23-24-21(27)19(17)20(26)22-12-16-14-28-11-10-25(16)13-15-8-6-5-7-9-15/h5-9,16H,3-4,10-14H2,1-2H3,(H,22,26)(H,24,27)/t16-/m1/s1. The number of aromatic amines is 1. The topological polar surface area (TPSA) is 78.1 Å². The maximum absolute atomic E-state index is 12.8. The smallest absolute Gasteiger partial charge is 0.277 e. The van der Waals surface area contributed by atoms with Gasteiger partial charge in [0.2, 0.25) is 0 Å². The van der Waals surface area contributed by atoms with Crippen molar-refractivity contribution in [3.63, 3.8) is 0 Å². The fourth-order valence-electron chi connectivity index (χ4n) is 3.64. The summed E-state index contributed by atoms with van der Waals surface area (Å²) in [7, 11) is 0. The summed E-state index contributed by atoms with van der Waals surface area (Å²) in [6, 6.07) is 10.6. The van der Waals surface area contributed by atoms with E-state index in [9.17, 15) is 9.59 Å². The number of aromatic nitrogens is 2. The summed E-state index contributed by atoms with van der Waals surface area (Å²) in [5, 5.41) is 9.57. The Morgan fingerprint density at radius 3 is 2.79 bits per heavy atom. The van der Waals surface area contributed by atoms with E-state index in [4.69, 9.17) is 0 Å². The molecule has 6 nitrogen and oxygen atoms in total. The molecule has 1 saturated heterocycles. The highest BCUT2D eigenvalue weighted by Gasteiger charge is 2.25. The van der Waals surface area contributed by atoms with E-state index in [-0.39, 0.29) is 17.5 Å². The molecule has 150 valence electrons. The van der Waals surface area contributed by atoms with Crippen LogP contribution in [-0.2, 0) is 19.4 Å². The van der Waals surface area contributed by atoms with E-state index in [0.29, 0.717) is 19.4 Å². The van der Waals surface area contributed by atoms with Crippen molar-refractivity contribution >= 4 is 17.7 Å². The predicted octanol–water partition coefficient (Wildman–Crippen LogP) is 2.24. The van der Waals surface area contributed by atoms with Gasteiger partial charge in [-0.2, -0.15) is 16.9 Å². The van der Waals surface area contributed by atoms with Crippen LogP contribution in [0.3, 0.4) is 0 Å². The van der Waals surface area contributed by atoms with E-state index >= 15 is 0 Å². The van der Waals surface area contributed by atoms with Gasteiger partial charge in [-0.1, -0.05) is 44.2 Å². The van der Waals surface area contributed by atoms with E-state index in [1.807, 2.05) is 31.7 Å². The second kappa shape index (κ2) is 9.89. The highest BCUT2D eigenvalue weighted by molar-refractivity contribution is 7.99. The summed E-state index contributed by atoms with van der Waals surface area (Å²) < 4.78 is 0. The van der Waals surface area contributed by atoms with Gasteiger partial charge in [0, 0.05) is 37.2 Å². The van der Waals surface area contributed by atoms with Crippen LogP contribution in [0.15, 0.2) is 35.1 Å². The number of aryl methyl sites for hydroxylation is 1. The number of H-pyrrole nitrogens is 1. The fourth-order valence-corrected chi connectivity index (χ4v) is 4.77. The molecule has 1 aromatic carbocycles. The van der Waals surface area contributed by atoms with Crippen molar-refractivity contribution in [1.82, 2.24) is 20.4 Å². The Morgan fingerprint density at radius 2 is 2.07 bits per heavy atom. The van der Waals surface area contributed by atoms with E-state index in [1.165, 1.54) is 5.56 Å². The third kappa shape index (κ3) is 4.83. The average molecular weight is 401 g/mol. The van der Waals surface area contributed by atoms with Crippen LogP contribution >= 0.6 is 11.8 Å². The zero-order chi connectivity index (χ0) is 19.9. The molecule has 7 heteroatoms. The average Bonchev–Trinajstić information content (AvgIpc) is 2.73. The molecule has 0 aliphatic carbocycles. The molecular weight excluding hydrogens is 372 g/mol. The van der Waals surface area contributed by atoms with Gasteiger partial charge in [-0.15, -0.1) is 0 Å². The van der Waals surface area contributed by atoms with Gasteiger partial charge in [0.1, 0.15) is 5.56 Å². The molecule has 1 aliphatic heterocycles. The zero-order valence-corrected chi connectivity index (χ0v) is 17.3. The highest BCUT2D eigenvalue weighted by Crippen LogP contribution is 2.19. The maximum atomic E-state index is 12.8. The molecule has 3 rings (SSSR count). The Bertz CT molecular complexity index is 853. The minimum atomic E-state index is -0.411. The molecule has 2 aromatic rings. The molecule has 0 radical (unpaired) electrons. The van der Waals surface area contributed by atoms with Crippen molar-refractivity contribution < 1.29 is 4.79 Å². The van der Waals surface area contributed by atoms with Crippen LogP contribution < -0.4 is 10.9 Å². The maximum Gasteiger partial charge on any atom is 0.277 e. The van der Waals surface area contributed by atoms with Crippen LogP contribution in [0.5, 0.6) is 0 Å². The number of hydrogen-bond acceptors (Lipinski definition) is 5. The van der Waals surface area contributed by atoms with Gasteiger partial charge >= 0.3 is 0 Å². The number of carbonyl (C=O) groups excluding carboxylic acids is 1. The first-order valence-electron chi connectivity index (χ1n) is 9.88. The first-order chi connectivity index (χ1) is 13.6. The third-order valence-corrected chi connectivity index (χ3v) is 6.25.